The van der Waals surface area contributed by atoms with Gasteiger partial charge in [-0.05, 0) is 45.2 Å². The summed E-state index contributed by atoms with van der Waals surface area (Å²) in [6.45, 7) is 13.3. The highest BCUT2D eigenvalue weighted by Gasteiger charge is 2.32. The van der Waals surface area contributed by atoms with Crippen LogP contribution in [0.4, 0.5) is 0 Å². The van der Waals surface area contributed by atoms with Crippen molar-refractivity contribution in [2.24, 2.45) is 11.8 Å². The summed E-state index contributed by atoms with van der Waals surface area (Å²) >= 11 is 0. The lowest BCUT2D eigenvalue weighted by Gasteiger charge is -2.31. The molecule has 0 saturated heterocycles. The van der Waals surface area contributed by atoms with Gasteiger partial charge < -0.3 is 14.2 Å². The molecule has 0 radical (unpaired) electrons. The summed E-state index contributed by atoms with van der Waals surface area (Å²) in [7, 11) is 0. The molecule has 0 unspecified atom stereocenters. The van der Waals surface area contributed by atoms with Gasteiger partial charge in [0, 0.05) is 0 Å². The maximum Gasteiger partial charge on any atom is 0.309 e. The predicted octanol–water partition coefficient (Wildman–Crippen LogP) is 5.17. The van der Waals surface area contributed by atoms with Gasteiger partial charge in [-0.25, -0.2) is 0 Å². The predicted molar refractivity (Wildman–Crippen MR) is 110 cm³/mol. The van der Waals surface area contributed by atoms with Gasteiger partial charge in [-0.3, -0.25) is 9.59 Å². The normalized spacial score (nSPS) is 14.9. The monoisotopic (exact) mass is 392 g/mol. The quantitative estimate of drug-likeness (QED) is 0.514. The van der Waals surface area contributed by atoms with E-state index in [1.807, 2.05) is 51.1 Å². The third kappa shape index (κ3) is 8.77. The summed E-state index contributed by atoms with van der Waals surface area (Å²) in [5.74, 6) is -0.457. The van der Waals surface area contributed by atoms with Crippen molar-refractivity contribution in [1.82, 2.24) is 0 Å². The molecule has 1 aromatic rings. The number of hydrogen-bond acceptors (Lipinski definition) is 5. The van der Waals surface area contributed by atoms with Crippen LogP contribution >= 0.6 is 0 Å². The van der Waals surface area contributed by atoms with Gasteiger partial charge in [0.25, 0.3) is 0 Å². The molecule has 0 spiro atoms. The molecule has 3 atom stereocenters. The standard InChI is InChI=1S/C23H36O5/c1-8-12-19(21(16(2)3)26-18-13-10-9-11-14-18)27-22(25)17(4)15-20(24)28-23(5,6)7/h9-11,13-14,16-17,19,21H,8,12,15H2,1-7H3/t17-,19-,21-/m1/s1. The van der Waals surface area contributed by atoms with Gasteiger partial charge in [0.15, 0.2) is 0 Å². The highest BCUT2D eigenvalue weighted by Crippen LogP contribution is 2.23. The van der Waals surface area contributed by atoms with Gasteiger partial charge in [0.2, 0.25) is 0 Å². The van der Waals surface area contributed by atoms with Crippen molar-refractivity contribution in [3.8, 4) is 5.75 Å². The van der Waals surface area contributed by atoms with Crippen LogP contribution in [0.25, 0.3) is 0 Å². The third-order valence-electron chi connectivity index (χ3n) is 4.17. The largest absolute Gasteiger partial charge is 0.486 e. The summed E-state index contributed by atoms with van der Waals surface area (Å²) < 4.78 is 17.3. The number of carbonyl (C=O) groups is 2. The number of esters is 2. The van der Waals surface area contributed by atoms with Crippen molar-refractivity contribution in [2.75, 3.05) is 0 Å². The Bertz CT molecular complexity index is 603. The first-order valence-corrected chi connectivity index (χ1v) is 10.2. The molecule has 0 amide bonds. The highest BCUT2D eigenvalue weighted by atomic mass is 16.6. The van der Waals surface area contributed by atoms with Gasteiger partial charge >= 0.3 is 11.9 Å². The van der Waals surface area contributed by atoms with Crippen molar-refractivity contribution in [2.45, 2.75) is 85.5 Å². The lowest BCUT2D eigenvalue weighted by molar-refractivity contribution is -0.167. The molecule has 1 rings (SSSR count). The van der Waals surface area contributed by atoms with E-state index in [1.54, 1.807) is 27.7 Å². The summed E-state index contributed by atoms with van der Waals surface area (Å²) in [6.07, 6.45) is 0.917. The van der Waals surface area contributed by atoms with Crippen LogP contribution in [0, 0.1) is 11.8 Å². The van der Waals surface area contributed by atoms with Crippen LogP contribution in [0.2, 0.25) is 0 Å². The van der Waals surface area contributed by atoms with Gasteiger partial charge in [-0.2, -0.15) is 0 Å². The minimum atomic E-state index is -0.572. The van der Waals surface area contributed by atoms with E-state index >= 15 is 0 Å². The number of ether oxygens (including phenoxy) is 3. The first-order valence-electron chi connectivity index (χ1n) is 10.2. The first kappa shape index (κ1) is 24.0. The van der Waals surface area contributed by atoms with E-state index in [4.69, 9.17) is 14.2 Å². The Balaban J connectivity index is 2.79. The van der Waals surface area contributed by atoms with E-state index in [0.717, 1.165) is 12.2 Å². The Morgan fingerprint density at radius 1 is 1.04 bits per heavy atom. The Hall–Kier alpha value is -2.04. The number of carbonyl (C=O) groups excluding carboxylic acids is 2. The Morgan fingerprint density at radius 3 is 2.14 bits per heavy atom. The molecule has 5 nitrogen and oxygen atoms in total. The van der Waals surface area contributed by atoms with Crippen molar-refractivity contribution < 1.29 is 23.8 Å². The molecule has 0 aliphatic heterocycles. The molecule has 0 aromatic heterocycles. The fourth-order valence-electron chi connectivity index (χ4n) is 2.85. The van der Waals surface area contributed by atoms with Crippen LogP contribution in [0.15, 0.2) is 30.3 Å². The lowest BCUT2D eigenvalue weighted by Crippen LogP contribution is -2.41. The van der Waals surface area contributed by atoms with Crippen molar-refractivity contribution in [1.29, 1.82) is 0 Å². The fraction of sp³-hybridized carbons (Fsp3) is 0.652. The number of benzene rings is 1. The fourth-order valence-corrected chi connectivity index (χ4v) is 2.85. The van der Waals surface area contributed by atoms with Crippen LogP contribution < -0.4 is 4.74 Å². The molecule has 0 saturated carbocycles. The second-order valence-corrected chi connectivity index (χ2v) is 8.60. The smallest absolute Gasteiger partial charge is 0.309 e. The molecule has 28 heavy (non-hydrogen) atoms. The summed E-state index contributed by atoms with van der Waals surface area (Å²) in [5, 5.41) is 0. The zero-order valence-corrected chi connectivity index (χ0v) is 18.4. The second kappa shape index (κ2) is 11.1. The van der Waals surface area contributed by atoms with Crippen LogP contribution in [0.3, 0.4) is 0 Å². The van der Waals surface area contributed by atoms with E-state index in [0.29, 0.717) is 6.42 Å². The van der Waals surface area contributed by atoms with Gasteiger partial charge in [0.1, 0.15) is 23.6 Å². The third-order valence-corrected chi connectivity index (χ3v) is 4.17. The maximum atomic E-state index is 12.6. The zero-order chi connectivity index (χ0) is 21.3. The molecule has 158 valence electrons. The molecule has 0 fully saturated rings. The Kier molecular flexibility index (Phi) is 9.50. The number of hydrogen-bond donors (Lipinski definition) is 0. The van der Waals surface area contributed by atoms with E-state index in [1.165, 1.54) is 0 Å². The maximum absolute atomic E-state index is 12.6. The lowest BCUT2D eigenvalue weighted by atomic mass is 9.97. The van der Waals surface area contributed by atoms with Gasteiger partial charge in [0.05, 0.1) is 12.3 Å². The van der Waals surface area contributed by atoms with E-state index in [-0.39, 0.29) is 24.5 Å². The average Bonchev–Trinajstić information content (AvgIpc) is 2.58. The van der Waals surface area contributed by atoms with Crippen LogP contribution in [-0.2, 0) is 19.1 Å². The molecule has 0 aliphatic rings. The summed E-state index contributed by atoms with van der Waals surface area (Å²) in [5.41, 5.74) is -0.572. The molecule has 0 bridgehead atoms. The SMILES string of the molecule is CCC[C@@H](OC(=O)[C@H](C)CC(=O)OC(C)(C)C)[C@H](Oc1ccccc1)C(C)C. The number of rotatable bonds is 10. The Labute approximate surface area is 169 Å². The molecular formula is C23H36O5. The van der Waals surface area contributed by atoms with Crippen molar-refractivity contribution in [3.05, 3.63) is 30.3 Å². The van der Waals surface area contributed by atoms with Crippen molar-refractivity contribution in [3.63, 3.8) is 0 Å². The molecule has 1 aromatic carbocycles. The number of para-hydroxylation sites is 1. The molecule has 5 heteroatoms. The average molecular weight is 393 g/mol. The topological polar surface area (TPSA) is 61.8 Å². The summed E-state index contributed by atoms with van der Waals surface area (Å²) in [4.78, 5) is 24.6. The first-order chi connectivity index (χ1) is 13.0. The second-order valence-electron chi connectivity index (χ2n) is 8.60. The van der Waals surface area contributed by atoms with E-state index in [9.17, 15) is 9.59 Å². The van der Waals surface area contributed by atoms with Crippen LogP contribution in [0.1, 0.15) is 67.7 Å². The molecule has 0 heterocycles. The minimum Gasteiger partial charge on any atom is -0.486 e. The van der Waals surface area contributed by atoms with Gasteiger partial charge in [-0.1, -0.05) is 52.3 Å². The zero-order valence-electron chi connectivity index (χ0n) is 18.4. The van der Waals surface area contributed by atoms with Crippen molar-refractivity contribution >= 4 is 11.9 Å². The van der Waals surface area contributed by atoms with Gasteiger partial charge in [-0.15, -0.1) is 0 Å². The molecular weight excluding hydrogens is 356 g/mol. The van der Waals surface area contributed by atoms with Crippen LogP contribution in [-0.4, -0.2) is 29.7 Å². The highest BCUT2D eigenvalue weighted by molar-refractivity contribution is 5.79. The molecule has 0 N–H and O–H groups in total. The molecule has 0 aliphatic carbocycles. The minimum absolute atomic E-state index is 0.000829. The van der Waals surface area contributed by atoms with E-state index < -0.39 is 23.5 Å². The van der Waals surface area contributed by atoms with Crippen LogP contribution in [0.5, 0.6) is 5.75 Å². The van der Waals surface area contributed by atoms with E-state index in [2.05, 4.69) is 0 Å². The summed E-state index contributed by atoms with van der Waals surface area (Å²) in [6, 6.07) is 9.54. The Morgan fingerprint density at radius 2 is 1.64 bits per heavy atom.